The van der Waals surface area contributed by atoms with Gasteiger partial charge in [-0.25, -0.2) is 9.48 Å². The summed E-state index contributed by atoms with van der Waals surface area (Å²) in [4.78, 5) is 27.3. The Bertz CT molecular complexity index is 1150. The molecule has 0 aliphatic carbocycles. The summed E-state index contributed by atoms with van der Waals surface area (Å²) >= 11 is 9.79. The third-order valence-corrected chi connectivity index (χ3v) is 5.88. The number of hydrogen-bond acceptors (Lipinski definition) is 3. The van der Waals surface area contributed by atoms with Gasteiger partial charge in [0.25, 0.3) is 0 Å². The van der Waals surface area contributed by atoms with Gasteiger partial charge in [-0.1, -0.05) is 67.4 Å². The van der Waals surface area contributed by atoms with Crippen molar-refractivity contribution in [2.75, 3.05) is 23.7 Å². The van der Waals surface area contributed by atoms with E-state index in [0.29, 0.717) is 35.2 Å². The van der Waals surface area contributed by atoms with E-state index in [9.17, 15) is 9.59 Å². The molecule has 0 saturated carbocycles. The number of amides is 3. The SMILES string of the molecule is CCCN(CC(=O)Nc1cc(C(C)(C)C)nn1-c1ccccc1Cl)C(=O)Nc1ccc(Br)cc1. The summed E-state index contributed by atoms with van der Waals surface area (Å²) in [5.41, 5.74) is 1.89. The Morgan fingerprint density at radius 1 is 1.09 bits per heavy atom. The molecule has 180 valence electrons. The van der Waals surface area contributed by atoms with E-state index < -0.39 is 0 Å². The monoisotopic (exact) mass is 545 g/mol. The smallest absolute Gasteiger partial charge is 0.315 e. The van der Waals surface area contributed by atoms with E-state index in [1.54, 1.807) is 22.9 Å². The Balaban J connectivity index is 1.80. The van der Waals surface area contributed by atoms with Gasteiger partial charge >= 0.3 is 6.03 Å². The van der Waals surface area contributed by atoms with Crippen molar-refractivity contribution in [2.24, 2.45) is 0 Å². The molecule has 0 saturated heterocycles. The molecule has 0 spiro atoms. The van der Waals surface area contributed by atoms with Crippen LogP contribution in [0.15, 0.2) is 59.1 Å². The number of nitrogens with one attached hydrogen (secondary N) is 2. The highest BCUT2D eigenvalue weighted by Gasteiger charge is 2.23. The van der Waals surface area contributed by atoms with E-state index >= 15 is 0 Å². The summed E-state index contributed by atoms with van der Waals surface area (Å²) in [7, 11) is 0. The maximum absolute atomic E-state index is 13.0. The molecule has 0 bridgehead atoms. The fourth-order valence-electron chi connectivity index (χ4n) is 3.26. The second kappa shape index (κ2) is 11.1. The molecule has 0 atom stereocenters. The van der Waals surface area contributed by atoms with E-state index in [-0.39, 0.29) is 23.9 Å². The van der Waals surface area contributed by atoms with Crippen molar-refractivity contribution in [3.63, 3.8) is 0 Å². The molecule has 1 aromatic heterocycles. The normalized spacial score (nSPS) is 11.2. The van der Waals surface area contributed by atoms with Crippen molar-refractivity contribution in [2.45, 2.75) is 39.5 Å². The average molecular weight is 547 g/mol. The molecule has 1 heterocycles. The fourth-order valence-corrected chi connectivity index (χ4v) is 3.74. The Hall–Kier alpha value is -2.84. The van der Waals surface area contributed by atoms with E-state index in [1.165, 1.54) is 4.90 Å². The number of rotatable bonds is 7. The van der Waals surface area contributed by atoms with Crippen LogP contribution in [0.2, 0.25) is 5.02 Å². The van der Waals surface area contributed by atoms with Crippen LogP contribution in [-0.4, -0.2) is 39.7 Å². The van der Waals surface area contributed by atoms with Crippen LogP contribution in [0.4, 0.5) is 16.3 Å². The van der Waals surface area contributed by atoms with Crippen LogP contribution in [0.1, 0.15) is 39.8 Å². The summed E-state index contributed by atoms with van der Waals surface area (Å²) < 4.78 is 2.55. The second-order valence-corrected chi connectivity index (χ2v) is 10.3. The largest absolute Gasteiger partial charge is 0.322 e. The molecule has 0 aliphatic heterocycles. The molecule has 2 N–H and O–H groups in total. The molecule has 0 radical (unpaired) electrons. The van der Waals surface area contributed by atoms with Crippen molar-refractivity contribution >= 4 is 51.0 Å². The van der Waals surface area contributed by atoms with E-state index in [1.807, 2.05) is 64.1 Å². The van der Waals surface area contributed by atoms with Gasteiger partial charge < -0.3 is 15.5 Å². The van der Waals surface area contributed by atoms with E-state index in [2.05, 4.69) is 26.6 Å². The fraction of sp³-hybridized carbons (Fsp3) is 0.320. The summed E-state index contributed by atoms with van der Waals surface area (Å²) in [6, 6.07) is 16.1. The summed E-state index contributed by atoms with van der Waals surface area (Å²) in [5.74, 6) is 0.167. The van der Waals surface area contributed by atoms with Crippen LogP contribution in [0.5, 0.6) is 0 Å². The molecule has 9 heteroatoms. The highest BCUT2D eigenvalue weighted by atomic mass is 79.9. The van der Waals surface area contributed by atoms with Crippen LogP contribution in [0, 0.1) is 0 Å². The standard InChI is InChI=1S/C25H29BrClN5O2/c1-5-14-31(24(34)28-18-12-10-17(26)11-13-18)16-23(33)29-22-15-21(25(2,3)4)30-32(22)20-9-7-6-8-19(20)27/h6-13,15H,5,14,16H2,1-4H3,(H,28,34)(H,29,33). The van der Waals surface area contributed by atoms with Crippen molar-refractivity contribution in [1.82, 2.24) is 14.7 Å². The number of hydrogen-bond donors (Lipinski definition) is 2. The molecule has 0 unspecified atom stereocenters. The molecule has 34 heavy (non-hydrogen) atoms. The Labute approximate surface area is 213 Å². The van der Waals surface area contributed by atoms with Crippen LogP contribution < -0.4 is 10.6 Å². The van der Waals surface area contributed by atoms with Gasteiger partial charge in [0, 0.05) is 28.2 Å². The van der Waals surface area contributed by atoms with Gasteiger partial charge in [-0.05, 0) is 42.8 Å². The second-order valence-electron chi connectivity index (χ2n) is 8.93. The highest BCUT2D eigenvalue weighted by molar-refractivity contribution is 9.10. The molecular weight excluding hydrogens is 518 g/mol. The number of halogens is 2. The number of urea groups is 1. The van der Waals surface area contributed by atoms with Crippen molar-refractivity contribution in [1.29, 1.82) is 0 Å². The number of benzene rings is 2. The number of para-hydroxylation sites is 1. The maximum Gasteiger partial charge on any atom is 0.322 e. The lowest BCUT2D eigenvalue weighted by Crippen LogP contribution is -2.41. The first-order chi connectivity index (χ1) is 16.1. The number of carbonyl (C=O) groups excluding carboxylic acids is 2. The van der Waals surface area contributed by atoms with Crippen LogP contribution in [0.3, 0.4) is 0 Å². The lowest BCUT2D eigenvalue weighted by molar-refractivity contribution is -0.116. The van der Waals surface area contributed by atoms with Gasteiger partial charge in [0.05, 0.1) is 16.4 Å². The zero-order chi connectivity index (χ0) is 24.9. The minimum Gasteiger partial charge on any atom is -0.315 e. The van der Waals surface area contributed by atoms with E-state index in [0.717, 1.165) is 10.2 Å². The third-order valence-electron chi connectivity index (χ3n) is 5.04. The molecule has 0 fully saturated rings. The van der Waals surface area contributed by atoms with Crippen LogP contribution >= 0.6 is 27.5 Å². The lowest BCUT2D eigenvalue weighted by atomic mass is 9.92. The Kier molecular flexibility index (Phi) is 8.38. The van der Waals surface area contributed by atoms with Gasteiger partial charge in [-0.3, -0.25) is 4.79 Å². The van der Waals surface area contributed by atoms with Gasteiger partial charge in [0.2, 0.25) is 5.91 Å². The molecule has 3 rings (SSSR count). The van der Waals surface area contributed by atoms with Gasteiger partial charge in [-0.15, -0.1) is 0 Å². The topological polar surface area (TPSA) is 79.3 Å². The molecule has 0 aliphatic rings. The number of anilines is 2. The molecule has 7 nitrogen and oxygen atoms in total. The van der Waals surface area contributed by atoms with Crippen LogP contribution in [0.25, 0.3) is 5.69 Å². The van der Waals surface area contributed by atoms with Crippen molar-refractivity contribution in [3.8, 4) is 5.69 Å². The summed E-state index contributed by atoms with van der Waals surface area (Å²) in [6.45, 7) is 8.44. The zero-order valence-electron chi connectivity index (χ0n) is 19.7. The molecular formula is C25H29BrClN5O2. The average Bonchev–Trinajstić information content (AvgIpc) is 3.19. The van der Waals surface area contributed by atoms with Crippen molar-refractivity contribution < 1.29 is 9.59 Å². The van der Waals surface area contributed by atoms with Crippen LogP contribution in [-0.2, 0) is 10.2 Å². The predicted octanol–water partition coefficient (Wildman–Crippen LogP) is 6.47. The molecule has 3 aromatic rings. The number of aromatic nitrogens is 2. The Morgan fingerprint density at radius 2 is 1.76 bits per heavy atom. The summed E-state index contributed by atoms with van der Waals surface area (Å²) in [5, 5.41) is 11.0. The highest BCUT2D eigenvalue weighted by Crippen LogP contribution is 2.29. The first kappa shape index (κ1) is 25.8. The Morgan fingerprint density at radius 3 is 2.38 bits per heavy atom. The lowest BCUT2D eigenvalue weighted by Gasteiger charge is -2.22. The first-order valence-corrected chi connectivity index (χ1v) is 12.2. The summed E-state index contributed by atoms with van der Waals surface area (Å²) in [6.07, 6.45) is 0.715. The number of nitrogens with zero attached hydrogens (tertiary/aromatic N) is 3. The predicted molar refractivity (Wildman–Crippen MR) is 141 cm³/mol. The van der Waals surface area contributed by atoms with Gasteiger partial charge in [0.1, 0.15) is 12.4 Å². The quantitative estimate of drug-likeness (QED) is 0.356. The number of carbonyl (C=O) groups is 2. The molecule has 3 amide bonds. The first-order valence-electron chi connectivity index (χ1n) is 11.0. The van der Waals surface area contributed by atoms with Gasteiger partial charge in [0.15, 0.2) is 0 Å². The van der Waals surface area contributed by atoms with Gasteiger partial charge in [-0.2, -0.15) is 5.10 Å². The zero-order valence-corrected chi connectivity index (χ0v) is 22.1. The van der Waals surface area contributed by atoms with E-state index in [4.69, 9.17) is 16.7 Å². The van der Waals surface area contributed by atoms with Crippen molar-refractivity contribution in [3.05, 3.63) is 69.8 Å². The minimum atomic E-state index is -0.339. The third kappa shape index (κ3) is 6.61. The maximum atomic E-state index is 13.0. The minimum absolute atomic E-state index is 0.102. The molecule has 2 aromatic carbocycles.